The summed E-state index contributed by atoms with van der Waals surface area (Å²) in [7, 11) is 0. The lowest BCUT2D eigenvalue weighted by atomic mass is 10.2. The number of aromatic nitrogens is 1. The summed E-state index contributed by atoms with van der Waals surface area (Å²) >= 11 is 7.20. The Bertz CT molecular complexity index is 539. The second kappa shape index (κ2) is 4.60. The standard InChI is InChI=1S/C11H6ClFN2S/c12-8-2-1-3-9(13)10(8)11-15-7(4-5-14)6-16-11/h1-3,6H,4H2. The molecule has 0 atom stereocenters. The smallest absolute Gasteiger partial charge is 0.134 e. The highest BCUT2D eigenvalue weighted by Crippen LogP contribution is 2.32. The highest BCUT2D eigenvalue weighted by Gasteiger charge is 2.13. The highest BCUT2D eigenvalue weighted by molar-refractivity contribution is 7.13. The summed E-state index contributed by atoms with van der Waals surface area (Å²) in [4.78, 5) is 4.16. The van der Waals surface area contributed by atoms with E-state index in [0.29, 0.717) is 21.3 Å². The molecule has 0 amide bonds. The van der Waals surface area contributed by atoms with Crippen LogP contribution >= 0.6 is 22.9 Å². The molecule has 1 heterocycles. The summed E-state index contributed by atoms with van der Waals surface area (Å²) in [6, 6.07) is 6.50. The molecule has 1 aromatic heterocycles. The average Bonchev–Trinajstić information content (AvgIpc) is 2.67. The third-order valence-electron chi connectivity index (χ3n) is 1.99. The second-order valence-corrected chi connectivity index (χ2v) is 4.34. The van der Waals surface area contributed by atoms with Gasteiger partial charge in [0.2, 0.25) is 0 Å². The lowest BCUT2D eigenvalue weighted by Crippen LogP contribution is -1.86. The predicted octanol–water partition coefficient (Wildman–Crippen LogP) is 3.67. The van der Waals surface area contributed by atoms with Gasteiger partial charge in [-0.1, -0.05) is 17.7 Å². The molecular weight excluding hydrogens is 247 g/mol. The van der Waals surface area contributed by atoms with E-state index in [1.54, 1.807) is 17.5 Å². The number of nitrogens with zero attached hydrogens (tertiary/aromatic N) is 2. The Morgan fingerprint density at radius 1 is 1.50 bits per heavy atom. The third-order valence-corrected chi connectivity index (χ3v) is 3.21. The molecule has 0 spiro atoms. The van der Waals surface area contributed by atoms with E-state index in [-0.39, 0.29) is 6.42 Å². The average molecular weight is 253 g/mol. The number of rotatable bonds is 2. The number of nitriles is 1. The minimum absolute atomic E-state index is 0.225. The monoisotopic (exact) mass is 252 g/mol. The zero-order valence-corrected chi connectivity index (χ0v) is 9.65. The number of hydrogen-bond acceptors (Lipinski definition) is 3. The predicted molar refractivity (Wildman–Crippen MR) is 61.8 cm³/mol. The molecule has 0 bridgehead atoms. The Kier molecular flexibility index (Phi) is 3.18. The molecule has 0 aliphatic rings. The first-order chi connectivity index (χ1) is 7.72. The summed E-state index contributed by atoms with van der Waals surface area (Å²) < 4.78 is 13.5. The fourth-order valence-corrected chi connectivity index (χ4v) is 2.47. The van der Waals surface area contributed by atoms with E-state index >= 15 is 0 Å². The molecule has 2 aromatic rings. The van der Waals surface area contributed by atoms with Crippen LogP contribution in [-0.4, -0.2) is 4.98 Å². The quantitative estimate of drug-likeness (QED) is 0.818. The molecule has 80 valence electrons. The zero-order chi connectivity index (χ0) is 11.5. The summed E-state index contributed by atoms with van der Waals surface area (Å²) in [6.07, 6.45) is 0.225. The Morgan fingerprint density at radius 2 is 2.31 bits per heavy atom. The molecule has 0 radical (unpaired) electrons. The second-order valence-electron chi connectivity index (χ2n) is 3.08. The molecule has 0 N–H and O–H groups in total. The Morgan fingerprint density at radius 3 is 3.00 bits per heavy atom. The van der Waals surface area contributed by atoms with Gasteiger partial charge in [0, 0.05) is 5.38 Å². The molecule has 2 rings (SSSR count). The van der Waals surface area contributed by atoms with Crippen LogP contribution < -0.4 is 0 Å². The van der Waals surface area contributed by atoms with Crippen molar-refractivity contribution in [1.29, 1.82) is 5.26 Å². The first-order valence-corrected chi connectivity index (χ1v) is 5.74. The van der Waals surface area contributed by atoms with E-state index in [1.807, 2.05) is 6.07 Å². The van der Waals surface area contributed by atoms with Crippen LogP contribution in [0.25, 0.3) is 10.6 Å². The van der Waals surface area contributed by atoms with E-state index in [2.05, 4.69) is 4.98 Å². The summed E-state index contributed by atoms with van der Waals surface area (Å²) in [5.41, 5.74) is 0.945. The van der Waals surface area contributed by atoms with Crippen LogP contribution in [0.15, 0.2) is 23.6 Å². The van der Waals surface area contributed by atoms with Gasteiger partial charge in [-0.25, -0.2) is 9.37 Å². The molecule has 0 saturated heterocycles. The fraction of sp³-hybridized carbons (Fsp3) is 0.0909. The van der Waals surface area contributed by atoms with E-state index in [0.717, 1.165) is 0 Å². The molecule has 1 aromatic carbocycles. The van der Waals surface area contributed by atoms with Gasteiger partial charge in [0.15, 0.2) is 0 Å². The van der Waals surface area contributed by atoms with Gasteiger partial charge in [0.05, 0.1) is 28.8 Å². The van der Waals surface area contributed by atoms with E-state index in [9.17, 15) is 4.39 Å². The molecule has 0 aliphatic carbocycles. The van der Waals surface area contributed by atoms with Crippen molar-refractivity contribution in [3.63, 3.8) is 0 Å². The van der Waals surface area contributed by atoms with Crippen molar-refractivity contribution in [3.8, 4) is 16.6 Å². The largest absolute Gasteiger partial charge is 0.240 e. The molecule has 0 unspecified atom stereocenters. The molecule has 0 aliphatic heterocycles. The van der Waals surface area contributed by atoms with Gasteiger partial charge in [0.25, 0.3) is 0 Å². The Labute approximate surface area is 101 Å². The zero-order valence-electron chi connectivity index (χ0n) is 8.08. The maximum atomic E-state index is 13.5. The van der Waals surface area contributed by atoms with Crippen molar-refractivity contribution in [2.45, 2.75) is 6.42 Å². The van der Waals surface area contributed by atoms with E-state index in [1.165, 1.54) is 17.4 Å². The van der Waals surface area contributed by atoms with Crippen molar-refractivity contribution in [3.05, 3.63) is 40.1 Å². The first kappa shape index (κ1) is 11.1. The van der Waals surface area contributed by atoms with E-state index < -0.39 is 5.82 Å². The van der Waals surface area contributed by atoms with Crippen LogP contribution in [0.3, 0.4) is 0 Å². The normalized spacial score (nSPS) is 10.1. The number of halogens is 2. The van der Waals surface area contributed by atoms with Crippen LogP contribution in [-0.2, 0) is 6.42 Å². The topological polar surface area (TPSA) is 36.7 Å². The van der Waals surface area contributed by atoms with Crippen molar-refractivity contribution < 1.29 is 4.39 Å². The summed E-state index contributed by atoms with van der Waals surface area (Å²) in [5, 5.41) is 11.1. The van der Waals surface area contributed by atoms with Gasteiger partial charge in [-0.05, 0) is 12.1 Å². The van der Waals surface area contributed by atoms with Crippen LogP contribution in [0.2, 0.25) is 5.02 Å². The fourth-order valence-electron chi connectivity index (χ4n) is 1.29. The molecule has 0 fully saturated rings. The van der Waals surface area contributed by atoms with Crippen LogP contribution in [0.4, 0.5) is 4.39 Å². The summed E-state index contributed by atoms with van der Waals surface area (Å²) in [5.74, 6) is -0.398. The van der Waals surface area contributed by atoms with Crippen molar-refractivity contribution in [1.82, 2.24) is 4.98 Å². The van der Waals surface area contributed by atoms with Crippen LogP contribution in [0.1, 0.15) is 5.69 Å². The minimum Gasteiger partial charge on any atom is -0.240 e. The molecule has 5 heteroatoms. The lowest BCUT2D eigenvalue weighted by Gasteiger charge is -2.00. The maximum Gasteiger partial charge on any atom is 0.134 e. The van der Waals surface area contributed by atoms with Gasteiger partial charge >= 0.3 is 0 Å². The maximum absolute atomic E-state index is 13.5. The van der Waals surface area contributed by atoms with Crippen LogP contribution in [0, 0.1) is 17.1 Å². The van der Waals surface area contributed by atoms with Gasteiger partial charge in [-0.2, -0.15) is 5.26 Å². The first-order valence-electron chi connectivity index (χ1n) is 4.48. The molecular formula is C11H6ClFN2S. The SMILES string of the molecule is N#CCc1csc(-c2c(F)cccc2Cl)n1. The third kappa shape index (κ3) is 2.06. The lowest BCUT2D eigenvalue weighted by molar-refractivity contribution is 0.631. The summed E-state index contributed by atoms with van der Waals surface area (Å²) in [6.45, 7) is 0. The number of benzene rings is 1. The van der Waals surface area contributed by atoms with Crippen molar-refractivity contribution >= 4 is 22.9 Å². The molecule has 16 heavy (non-hydrogen) atoms. The van der Waals surface area contributed by atoms with Gasteiger partial charge in [0.1, 0.15) is 10.8 Å². The van der Waals surface area contributed by atoms with Crippen LogP contribution in [0.5, 0.6) is 0 Å². The van der Waals surface area contributed by atoms with Gasteiger partial charge in [-0.3, -0.25) is 0 Å². The Hall–Kier alpha value is -1.44. The molecule has 0 saturated carbocycles. The number of hydrogen-bond donors (Lipinski definition) is 0. The van der Waals surface area contributed by atoms with Crippen molar-refractivity contribution in [2.75, 3.05) is 0 Å². The van der Waals surface area contributed by atoms with Gasteiger partial charge < -0.3 is 0 Å². The number of thiazole rings is 1. The van der Waals surface area contributed by atoms with E-state index in [4.69, 9.17) is 16.9 Å². The Balaban J connectivity index is 2.47. The molecule has 2 nitrogen and oxygen atoms in total. The minimum atomic E-state index is -0.398. The highest BCUT2D eigenvalue weighted by atomic mass is 35.5. The van der Waals surface area contributed by atoms with Gasteiger partial charge in [-0.15, -0.1) is 11.3 Å². The van der Waals surface area contributed by atoms with Crippen molar-refractivity contribution in [2.24, 2.45) is 0 Å².